The zero-order valence-corrected chi connectivity index (χ0v) is 16.6. The molecule has 0 rings (SSSR count). The van der Waals surface area contributed by atoms with E-state index in [1.54, 1.807) is 0 Å². The average Bonchev–Trinajstić information content (AvgIpc) is 2.50. The van der Waals surface area contributed by atoms with E-state index in [2.05, 4.69) is 0 Å². The fourth-order valence-corrected chi connectivity index (χ4v) is 2.55. The molecule has 0 aliphatic heterocycles. The van der Waals surface area contributed by atoms with Gasteiger partial charge in [0, 0.05) is 6.42 Å². The lowest BCUT2D eigenvalue weighted by atomic mass is 9.86. The van der Waals surface area contributed by atoms with E-state index in [1.807, 2.05) is 0 Å². The molecule has 0 spiro atoms. The molecule has 0 amide bonds. The Bertz CT molecular complexity index is 486. The topological polar surface area (TPSA) is 18.5 Å². The van der Waals surface area contributed by atoms with E-state index >= 15 is 0 Å². The highest BCUT2D eigenvalue weighted by molar-refractivity contribution is 4.90. The van der Waals surface area contributed by atoms with Crippen LogP contribution in [0.4, 0.5) is 39.5 Å². The molecule has 0 bridgehead atoms. The first kappa shape index (κ1) is 27.3. The molecule has 0 aromatic rings. The highest BCUT2D eigenvalue weighted by Gasteiger charge is 2.54. The molecule has 0 aromatic carbocycles. The Balaban J connectivity index is 5.75. The molecular weight excluding hydrogens is 407 g/mol. The van der Waals surface area contributed by atoms with E-state index < -0.39 is 54.3 Å². The van der Waals surface area contributed by atoms with Crippen LogP contribution in [0.3, 0.4) is 0 Å². The van der Waals surface area contributed by atoms with Crippen LogP contribution in [0.5, 0.6) is 0 Å². The summed E-state index contributed by atoms with van der Waals surface area (Å²) < 4.78 is 128. The zero-order valence-electron chi connectivity index (χ0n) is 16.6. The van der Waals surface area contributed by atoms with Crippen LogP contribution in [-0.2, 0) is 9.47 Å². The molecule has 0 fully saturated rings. The quantitative estimate of drug-likeness (QED) is 0.371. The molecule has 2 nitrogen and oxygen atoms in total. The van der Waals surface area contributed by atoms with Gasteiger partial charge in [-0.05, 0) is 33.6 Å². The van der Waals surface area contributed by atoms with E-state index in [-0.39, 0.29) is 12.8 Å². The predicted octanol–water partition coefficient (Wildman–Crippen LogP) is 6.83. The molecule has 170 valence electrons. The molecule has 0 radical (unpaired) electrons. The molecule has 0 saturated carbocycles. The first-order chi connectivity index (χ1) is 12.2. The third-order valence-electron chi connectivity index (χ3n) is 5.17. The molecule has 0 N–H and O–H groups in total. The van der Waals surface area contributed by atoms with Gasteiger partial charge in [0.2, 0.25) is 0 Å². The maximum atomic E-state index is 13.5. The smallest absolute Gasteiger partial charge is 0.363 e. The van der Waals surface area contributed by atoms with Crippen molar-refractivity contribution in [3.8, 4) is 0 Å². The minimum absolute atomic E-state index is 0.235. The van der Waals surface area contributed by atoms with Gasteiger partial charge in [0.25, 0.3) is 0 Å². The van der Waals surface area contributed by atoms with Gasteiger partial charge in [-0.15, -0.1) is 0 Å². The van der Waals surface area contributed by atoms with Crippen molar-refractivity contribution < 1.29 is 49.0 Å². The fourth-order valence-electron chi connectivity index (χ4n) is 2.55. The van der Waals surface area contributed by atoms with Crippen molar-refractivity contribution in [2.75, 3.05) is 0 Å². The Morgan fingerprint density at radius 1 is 0.679 bits per heavy atom. The number of halogens is 9. The van der Waals surface area contributed by atoms with Crippen molar-refractivity contribution in [2.24, 2.45) is 5.92 Å². The van der Waals surface area contributed by atoms with Crippen molar-refractivity contribution in [3.05, 3.63) is 0 Å². The summed E-state index contributed by atoms with van der Waals surface area (Å²) in [4.78, 5) is 0. The van der Waals surface area contributed by atoms with Gasteiger partial charge >= 0.3 is 18.5 Å². The second kappa shape index (κ2) is 8.97. The summed E-state index contributed by atoms with van der Waals surface area (Å²) in [6.45, 7) is 5.89. The molecule has 5 atom stereocenters. The van der Waals surface area contributed by atoms with Crippen LogP contribution in [-0.4, -0.2) is 41.9 Å². The lowest BCUT2D eigenvalue weighted by Crippen LogP contribution is -2.52. The minimum atomic E-state index is -5.09. The van der Waals surface area contributed by atoms with Crippen molar-refractivity contribution in [1.29, 1.82) is 0 Å². The first-order valence-electron chi connectivity index (χ1n) is 8.77. The summed E-state index contributed by atoms with van der Waals surface area (Å²) in [7, 11) is 0. The maximum Gasteiger partial charge on any atom is 0.414 e. The number of rotatable bonds is 9. The second-order valence-corrected chi connectivity index (χ2v) is 7.39. The molecule has 0 aliphatic rings. The monoisotopic (exact) mass is 434 g/mol. The van der Waals surface area contributed by atoms with Crippen LogP contribution in [0.25, 0.3) is 0 Å². The zero-order chi connectivity index (χ0) is 22.8. The Kier molecular flexibility index (Phi) is 8.74. The van der Waals surface area contributed by atoms with Crippen molar-refractivity contribution in [1.82, 2.24) is 0 Å². The third-order valence-corrected chi connectivity index (χ3v) is 5.17. The molecule has 0 aromatic heterocycles. The number of hydrogen-bond acceptors (Lipinski definition) is 2. The SMILES string of the molecule is CCC(C)(CC(OC(C)(CC)C(C)C(F)(F)F)C(F)(F)F)OC(C)C(F)(F)F. The van der Waals surface area contributed by atoms with Crippen LogP contribution in [0.15, 0.2) is 0 Å². The Morgan fingerprint density at radius 3 is 1.43 bits per heavy atom. The van der Waals surface area contributed by atoms with Crippen LogP contribution < -0.4 is 0 Å². The van der Waals surface area contributed by atoms with Gasteiger partial charge in [-0.1, -0.05) is 20.8 Å². The molecule has 28 heavy (non-hydrogen) atoms. The van der Waals surface area contributed by atoms with E-state index in [0.29, 0.717) is 13.8 Å². The maximum absolute atomic E-state index is 13.5. The molecule has 0 aliphatic carbocycles. The van der Waals surface area contributed by atoms with Crippen molar-refractivity contribution >= 4 is 0 Å². The Morgan fingerprint density at radius 2 is 1.14 bits per heavy atom. The molecule has 11 heteroatoms. The van der Waals surface area contributed by atoms with Crippen molar-refractivity contribution in [3.63, 3.8) is 0 Å². The predicted molar refractivity (Wildman–Crippen MR) is 84.8 cm³/mol. The van der Waals surface area contributed by atoms with Gasteiger partial charge in [-0.2, -0.15) is 39.5 Å². The van der Waals surface area contributed by atoms with Crippen LogP contribution in [0, 0.1) is 5.92 Å². The van der Waals surface area contributed by atoms with Gasteiger partial charge in [-0.25, -0.2) is 0 Å². The highest BCUT2D eigenvalue weighted by atomic mass is 19.4. The number of ether oxygens (including phenoxy) is 2. The standard InChI is InChI=1S/C17H27F9O2/c1-7-13(5,27-11(4)16(21,22)23)9-12(17(24,25)26)28-14(6,8-2)10(3)15(18,19)20/h10-12H,7-9H2,1-6H3. The third kappa shape index (κ3) is 7.61. The summed E-state index contributed by atoms with van der Waals surface area (Å²) in [5.74, 6) is -2.22. The molecular formula is C17H27F9O2. The lowest BCUT2D eigenvalue weighted by Gasteiger charge is -2.42. The van der Waals surface area contributed by atoms with E-state index in [9.17, 15) is 39.5 Å². The number of hydrogen-bond donors (Lipinski definition) is 0. The number of alkyl halides is 9. The van der Waals surface area contributed by atoms with E-state index in [1.165, 1.54) is 13.8 Å². The first-order valence-corrected chi connectivity index (χ1v) is 8.77. The van der Waals surface area contributed by atoms with Gasteiger partial charge in [0.15, 0.2) is 12.2 Å². The fraction of sp³-hybridized carbons (Fsp3) is 1.00. The summed E-state index contributed by atoms with van der Waals surface area (Å²) in [5.41, 5.74) is -4.13. The molecule has 5 unspecified atom stereocenters. The van der Waals surface area contributed by atoms with Gasteiger partial charge in [0.05, 0.1) is 17.1 Å². The average molecular weight is 434 g/mol. The van der Waals surface area contributed by atoms with Crippen LogP contribution in [0.1, 0.15) is 60.8 Å². The lowest BCUT2D eigenvalue weighted by molar-refractivity contribution is -0.305. The largest absolute Gasteiger partial charge is 0.414 e. The minimum Gasteiger partial charge on any atom is -0.363 e. The normalized spacial score (nSPS) is 21.5. The Labute approximate surface area is 158 Å². The highest BCUT2D eigenvalue weighted by Crippen LogP contribution is 2.43. The summed E-state index contributed by atoms with van der Waals surface area (Å²) >= 11 is 0. The van der Waals surface area contributed by atoms with Crippen LogP contribution in [0.2, 0.25) is 0 Å². The summed E-state index contributed by atoms with van der Waals surface area (Å²) in [6, 6.07) is 0. The van der Waals surface area contributed by atoms with Gasteiger partial charge in [0.1, 0.15) is 0 Å². The summed E-state index contributed by atoms with van der Waals surface area (Å²) in [6.07, 6.45) is -21.5. The second-order valence-electron chi connectivity index (χ2n) is 7.39. The van der Waals surface area contributed by atoms with Crippen LogP contribution >= 0.6 is 0 Å². The van der Waals surface area contributed by atoms with E-state index in [0.717, 1.165) is 13.8 Å². The van der Waals surface area contributed by atoms with Gasteiger partial charge in [-0.3, -0.25) is 0 Å². The molecule has 0 heterocycles. The van der Waals surface area contributed by atoms with E-state index in [4.69, 9.17) is 9.47 Å². The van der Waals surface area contributed by atoms with Crippen molar-refractivity contribution in [2.45, 2.75) is 103 Å². The van der Waals surface area contributed by atoms with Gasteiger partial charge < -0.3 is 9.47 Å². The Hall–Kier alpha value is -0.710. The molecule has 0 saturated heterocycles. The summed E-state index contributed by atoms with van der Waals surface area (Å²) in [5, 5.41) is 0.